The molecule has 0 saturated heterocycles. The van der Waals surface area contributed by atoms with E-state index in [1.807, 2.05) is 36.4 Å². The van der Waals surface area contributed by atoms with Gasteiger partial charge in [-0.1, -0.05) is 23.7 Å². The fraction of sp³-hybridized carbons (Fsp3) is 0.105. The topological polar surface area (TPSA) is 76.1 Å². The van der Waals surface area contributed by atoms with Crippen molar-refractivity contribution in [1.82, 2.24) is 15.3 Å². The number of halogens is 1. The molecule has 0 aliphatic rings. The van der Waals surface area contributed by atoms with Crippen LogP contribution in [0, 0.1) is 0 Å². The van der Waals surface area contributed by atoms with Crippen molar-refractivity contribution in [3.8, 4) is 5.75 Å². The monoisotopic (exact) mass is 368 g/mol. The van der Waals surface area contributed by atoms with Crippen LogP contribution in [0.5, 0.6) is 5.75 Å². The van der Waals surface area contributed by atoms with Gasteiger partial charge in [0.2, 0.25) is 0 Å². The zero-order chi connectivity index (χ0) is 18.4. The van der Waals surface area contributed by atoms with Gasteiger partial charge < -0.3 is 15.4 Å². The first-order chi connectivity index (χ1) is 12.6. The highest BCUT2D eigenvalue weighted by molar-refractivity contribution is 6.30. The van der Waals surface area contributed by atoms with E-state index in [2.05, 4.69) is 20.6 Å². The Labute approximate surface area is 156 Å². The SMILES string of the molecule is COc1ccc(CNC(=O)c2cc(Nc3ccc(Cl)cc3)ncn2)cc1. The molecule has 0 fully saturated rings. The first kappa shape index (κ1) is 17.7. The first-order valence-electron chi connectivity index (χ1n) is 7.90. The van der Waals surface area contributed by atoms with E-state index in [-0.39, 0.29) is 11.6 Å². The van der Waals surface area contributed by atoms with Crippen LogP contribution in [0.3, 0.4) is 0 Å². The van der Waals surface area contributed by atoms with Crippen LogP contribution in [0.2, 0.25) is 5.02 Å². The maximum absolute atomic E-state index is 12.3. The Balaban J connectivity index is 1.62. The second kappa shape index (κ2) is 8.31. The number of rotatable bonds is 6. The highest BCUT2D eigenvalue weighted by atomic mass is 35.5. The summed E-state index contributed by atoms with van der Waals surface area (Å²) in [4.78, 5) is 20.5. The quantitative estimate of drug-likeness (QED) is 0.691. The maximum Gasteiger partial charge on any atom is 0.270 e. The molecule has 1 amide bonds. The van der Waals surface area contributed by atoms with Gasteiger partial charge in [0.1, 0.15) is 23.6 Å². The summed E-state index contributed by atoms with van der Waals surface area (Å²) in [5, 5.41) is 6.60. The highest BCUT2D eigenvalue weighted by Crippen LogP contribution is 2.17. The van der Waals surface area contributed by atoms with Gasteiger partial charge in [-0.3, -0.25) is 4.79 Å². The lowest BCUT2D eigenvalue weighted by molar-refractivity contribution is 0.0946. The number of benzene rings is 2. The van der Waals surface area contributed by atoms with E-state index >= 15 is 0 Å². The van der Waals surface area contributed by atoms with Gasteiger partial charge in [0.05, 0.1) is 7.11 Å². The van der Waals surface area contributed by atoms with Crippen molar-refractivity contribution < 1.29 is 9.53 Å². The number of aromatic nitrogens is 2. The molecule has 7 heteroatoms. The first-order valence-corrected chi connectivity index (χ1v) is 8.27. The van der Waals surface area contributed by atoms with Crippen LogP contribution in [0.4, 0.5) is 11.5 Å². The molecule has 2 aromatic carbocycles. The molecule has 3 rings (SSSR count). The molecule has 1 heterocycles. The number of anilines is 2. The van der Waals surface area contributed by atoms with E-state index < -0.39 is 0 Å². The molecule has 0 aliphatic heterocycles. The van der Waals surface area contributed by atoms with Gasteiger partial charge in [-0.25, -0.2) is 9.97 Å². The minimum absolute atomic E-state index is 0.276. The number of methoxy groups -OCH3 is 1. The Hall–Kier alpha value is -3.12. The molecular formula is C19H17ClN4O2. The molecule has 0 bridgehead atoms. The summed E-state index contributed by atoms with van der Waals surface area (Å²) in [7, 11) is 1.61. The van der Waals surface area contributed by atoms with Crippen molar-refractivity contribution in [2.45, 2.75) is 6.54 Å². The Morgan fingerprint density at radius 3 is 2.50 bits per heavy atom. The summed E-state index contributed by atoms with van der Waals surface area (Å²) in [6, 6.07) is 16.3. The molecule has 0 saturated carbocycles. The summed E-state index contributed by atoms with van der Waals surface area (Å²) in [6.45, 7) is 0.396. The van der Waals surface area contributed by atoms with Gasteiger partial charge in [0.25, 0.3) is 5.91 Å². The second-order valence-electron chi connectivity index (χ2n) is 5.45. The third-order valence-corrected chi connectivity index (χ3v) is 3.88. The average molecular weight is 369 g/mol. The number of nitrogens with zero attached hydrogens (tertiary/aromatic N) is 2. The van der Waals surface area contributed by atoms with Crippen molar-refractivity contribution in [3.05, 3.63) is 77.2 Å². The van der Waals surface area contributed by atoms with E-state index in [4.69, 9.17) is 16.3 Å². The molecule has 1 aromatic heterocycles. The molecule has 132 valence electrons. The van der Waals surface area contributed by atoms with Gasteiger partial charge in [0.15, 0.2) is 0 Å². The summed E-state index contributed by atoms with van der Waals surface area (Å²) in [5.41, 5.74) is 2.07. The molecule has 3 aromatic rings. The second-order valence-corrected chi connectivity index (χ2v) is 5.89. The minimum atomic E-state index is -0.276. The number of amides is 1. The number of ether oxygens (including phenoxy) is 1. The van der Waals surface area contributed by atoms with Crippen LogP contribution in [-0.2, 0) is 6.54 Å². The largest absolute Gasteiger partial charge is 0.497 e. The molecule has 0 atom stereocenters. The standard InChI is InChI=1S/C19H17ClN4O2/c1-26-16-8-2-13(3-9-16)11-21-19(25)17-10-18(23-12-22-17)24-15-6-4-14(20)5-7-15/h2-10,12H,11H2,1H3,(H,21,25)(H,22,23,24). The lowest BCUT2D eigenvalue weighted by atomic mass is 10.2. The Bertz CT molecular complexity index is 883. The predicted molar refractivity (Wildman–Crippen MR) is 101 cm³/mol. The predicted octanol–water partition coefficient (Wildman–Crippen LogP) is 3.81. The van der Waals surface area contributed by atoms with E-state index in [0.29, 0.717) is 17.4 Å². The third-order valence-electron chi connectivity index (χ3n) is 3.63. The Morgan fingerprint density at radius 1 is 1.08 bits per heavy atom. The summed E-state index contributed by atoms with van der Waals surface area (Å²) >= 11 is 5.87. The third kappa shape index (κ3) is 4.70. The van der Waals surface area contributed by atoms with Crippen LogP contribution in [0.15, 0.2) is 60.9 Å². The number of nitrogens with one attached hydrogen (secondary N) is 2. The Kier molecular flexibility index (Phi) is 5.66. The van der Waals surface area contributed by atoms with E-state index in [1.54, 1.807) is 25.3 Å². The van der Waals surface area contributed by atoms with Crippen LogP contribution in [-0.4, -0.2) is 23.0 Å². The smallest absolute Gasteiger partial charge is 0.270 e. The minimum Gasteiger partial charge on any atom is -0.497 e. The van der Waals surface area contributed by atoms with E-state index in [0.717, 1.165) is 17.0 Å². The molecule has 26 heavy (non-hydrogen) atoms. The van der Waals surface area contributed by atoms with Gasteiger partial charge >= 0.3 is 0 Å². The fourth-order valence-electron chi connectivity index (χ4n) is 2.25. The van der Waals surface area contributed by atoms with Crippen LogP contribution < -0.4 is 15.4 Å². The molecular weight excluding hydrogens is 352 g/mol. The van der Waals surface area contributed by atoms with Gasteiger partial charge in [0, 0.05) is 23.3 Å². The summed E-state index contributed by atoms with van der Waals surface area (Å²) < 4.78 is 5.11. The zero-order valence-electron chi connectivity index (χ0n) is 14.1. The highest BCUT2D eigenvalue weighted by Gasteiger charge is 2.09. The van der Waals surface area contributed by atoms with E-state index in [1.165, 1.54) is 6.33 Å². The summed E-state index contributed by atoms with van der Waals surface area (Å²) in [6.07, 6.45) is 1.35. The Morgan fingerprint density at radius 2 is 1.81 bits per heavy atom. The number of carbonyl (C=O) groups excluding carboxylic acids is 1. The number of hydrogen-bond acceptors (Lipinski definition) is 5. The van der Waals surface area contributed by atoms with Crippen molar-refractivity contribution in [1.29, 1.82) is 0 Å². The lowest BCUT2D eigenvalue weighted by Crippen LogP contribution is -2.24. The molecule has 0 unspecified atom stereocenters. The van der Waals surface area contributed by atoms with Crippen LogP contribution >= 0.6 is 11.6 Å². The maximum atomic E-state index is 12.3. The van der Waals surface area contributed by atoms with Gasteiger partial charge in [-0.05, 0) is 42.0 Å². The zero-order valence-corrected chi connectivity index (χ0v) is 14.8. The van der Waals surface area contributed by atoms with Crippen molar-refractivity contribution in [3.63, 3.8) is 0 Å². The lowest BCUT2D eigenvalue weighted by Gasteiger charge is -2.08. The number of carbonyl (C=O) groups is 1. The van der Waals surface area contributed by atoms with Gasteiger partial charge in [-0.15, -0.1) is 0 Å². The molecule has 6 nitrogen and oxygen atoms in total. The summed E-state index contributed by atoms with van der Waals surface area (Å²) in [5.74, 6) is 1.02. The fourth-order valence-corrected chi connectivity index (χ4v) is 2.37. The van der Waals surface area contributed by atoms with Gasteiger partial charge in [-0.2, -0.15) is 0 Å². The molecule has 0 spiro atoms. The molecule has 0 aliphatic carbocycles. The van der Waals surface area contributed by atoms with Crippen molar-refractivity contribution in [2.24, 2.45) is 0 Å². The van der Waals surface area contributed by atoms with Crippen molar-refractivity contribution in [2.75, 3.05) is 12.4 Å². The average Bonchev–Trinajstić information content (AvgIpc) is 2.68. The molecule has 2 N–H and O–H groups in total. The van der Waals surface area contributed by atoms with E-state index in [9.17, 15) is 4.79 Å². The van der Waals surface area contributed by atoms with Crippen LogP contribution in [0.25, 0.3) is 0 Å². The molecule has 0 radical (unpaired) electrons. The normalized spacial score (nSPS) is 10.2. The number of hydrogen-bond donors (Lipinski definition) is 2. The van der Waals surface area contributed by atoms with Crippen molar-refractivity contribution >= 4 is 29.0 Å². The van der Waals surface area contributed by atoms with Crippen LogP contribution in [0.1, 0.15) is 16.1 Å².